The molecule has 3 rings (SSSR count). The molecule has 0 bridgehead atoms. The fourth-order valence-electron chi connectivity index (χ4n) is 2.50. The van der Waals surface area contributed by atoms with Gasteiger partial charge in [0.25, 0.3) is 11.6 Å². The summed E-state index contributed by atoms with van der Waals surface area (Å²) in [5.74, 6) is -0.0544. The zero-order valence-electron chi connectivity index (χ0n) is 14.8. The van der Waals surface area contributed by atoms with Crippen LogP contribution in [0.2, 0.25) is 0 Å². The van der Waals surface area contributed by atoms with Gasteiger partial charge in [-0.3, -0.25) is 14.9 Å². The Bertz CT molecular complexity index is 1000. The van der Waals surface area contributed by atoms with Gasteiger partial charge in [0.1, 0.15) is 17.9 Å². The van der Waals surface area contributed by atoms with E-state index in [9.17, 15) is 14.9 Å². The molecule has 3 aromatic rings. The number of amides is 1. The number of nitro benzene ring substituents is 1. The van der Waals surface area contributed by atoms with E-state index in [-0.39, 0.29) is 11.3 Å². The predicted octanol–water partition coefficient (Wildman–Crippen LogP) is 3.94. The fourth-order valence-corrected chi connectivity index (χ4v) is 2.50. The van der Waals surface area contributed by atoms with Gasteiger partial charge in [-0.1, -0.05) is 54.6 Å². The van der Waals surface area contributed by atoms with Gasteiger partial charge >= 0.3 is 0 Å². The smallest absolute Gasteiger partial charge is 0.282 e. The van der Waals surface area contributed by atoms with Crippen molar-refractivity contribution in [2.45, 2.75) is 6.61 Å². The number of hydrogen-bond donors (Lipinski definition) is 1. The summed E-state index contributed by atoms with van der Waals surface area (Å²) in [6.07, 6.45) is 1.44. The van der Waals surface area contributed by atoms with Gasteiger partial charge in [-0.2, -0.15) is 5.10 Å². The van der Waals surface area contributed by atoms with Crippen LogP contribution in [0.1, 0.15) is 21.5 Å². The summed E-state index contributed by atoms with van der Waals surface area (Å²) in [6.45, 7) is 0.397. The molecule has 0 aromatic heterocycles. The van der Waals surface area contributed by atoms with Crippen molar-refractivity contribution in [2.75, 3.05) is 0 Å². The Balaban J connectivity index is 1.68. The SMILES string of the molecule is O=C(N/N=C\c1ccccc1OCc1ccccc1)c1ccccc1[N+](=O)[O-]. The highest BCUT2D eigenvalue weighted by Gasteiger charge is 2.18. The largest absolute Gasteiger partial charge is 0.488 e. The highest BCUT2D eigenvalue weighted by Crippen LogP contribution is 2.19. The summed E-state index contributed by atoms with van der Waals surface area (Å²) in [6, 6.07) is 22.7. The van der Waals surface area contributed by atoms with Crippen molar-refractivity contribution in [3.8, 4) is 5.75 Å². The Labute approximate surface area is 161 Å². The van der Waals surface area contributed by atoms with Crippen molar-refractivity contribution < 1.29 is 14.5 Å². The van der Waals surface area contributed by atoms with Crippen LogP contribution >= 0.6 is 0 Å². The molecular formula is C21H17N3O4. The summed E-state index contributed by atoms with van der Waals surface area (Å²) in [7, 11) is 0. The molecule has 3 aromatic carbocycles. The number of nitrogens with zero attached hydrogens (tertiary/aromatic N) is 2. The maximum absolute atomic E-state index is 12.2. The monoisotopic (exact) mass is 375 g/mol. The molecule has 28 heavy (non-hydrogen) atoms. The lowest BCUT2D eigenvalue weighted by Gasteiger charge is -2.09. The molecule has 0 spiro atoms. The van der Waals surface area contributed by atoms with Crippen LogP contribution in [0.15, 0.2) is 84.0 Å². The topological polar surface area (TPSA) is 93.8 Å². The van der Waals surface area contributed by atoms with Crippen LogP contribution in [0.5, 0.6) is 5.75 Å². The van der Waals surface area contributed by atoms with Gasteiger partial charge in [0, 0.05) is 11.6 Å². The molecule has 140 valence electrons. The van der Waals surface area contributed by atoms with Crippen LogP contribution < -0.4 is 10.2 Å². The Morgan fingerprint density at radius 1 is 1.00 bits per heavy atom. The normalized spacial score (nSPS) is 10.6. The van der Waals surface area contributed by atoms with E-state index in [1.807, 2.05) is 42.5 Å². The molecule has 7 heteroatoms. The lowest BCUT2D eigenvalue weighted by molar-refractivity contribution is -0.385. The Morgan fingerprint density at radius 3 is 2.46 bits per heavy atom. The number of nitrogens with one attached hydrogen (secondary N) is 1. The minimum Gasteiger partial charge on any atom is -0.488 e. The molecule has 1 N–H and O–H groups in total. The lowest BCUT2D eigenvalue weighted by atomic mass is 10.2. The number of benzene rings is 3. The maximum atomic E-state index is 12.2. The number of carbonyl (C=O) groups is 1. The zero-order valence-corrected chi connectivity index (χ0v) is 14.8. The van der Waals surface area contributed by atoms with E-state index in [2.05, 4.69) is 10.5 Å². The Kier molecular flexibility index (Phi) is 6.10. The van der Waals surface area contributed by atoms with Gasteiger partial charge < -0.3 is 4.74 Å². The third-order valence-corrected chi connectivity index (χ3v) is 3.87. The van der Waals surface area contributed by atoms with E-state index < -0.39 is 10.8 Å². The first kappa shape index (κ1) is 18.8. The quantitative estimate of drug-likeness (QED) is 0.384. The number of hydrogen-bond acceptors (Lipinski definition) is 5. The van der Waals surface area contributed by atoms with Crippen LogP contribution in [0.3, 0.4) is 0 Å². The average molecular weight is 375 g/mol. The predicted molar refractivity (Wildman–Crippen MR) is 105 cm³/mol. The van der Waals surface area contributed by atoms with Gasteiger partial charge in [0.2, 0.25) is 0 Å². The first-order valence-corrected chi connectivity index (χ1v) is 8.48. The van der Waals surface area contributed by atoms with Crippen LogP contribution in [-0.2, 0) is 6.61 Å². The fraction of sp³-hybridized carbons (Fsp3) is 0.0476. The second kappa shape index (κ2) is 9.09. The molecule has 7 nitrogen and oxygen atoms in total. The van der Waals surface area contributed by atoms with Crippen molar-refractivity contribution in [1.29, 1.82) is 0 Å². The average Bonchev–Trinajstić information content (AvgIpc) is 2.73. The summed E-state index contributed by atoms with van der Waals surface area (Å²) in [5.41, 5.74) is 3.68. The van der Waals surface area contributed by atoms with Crippen LogP contribution in [0.4, 0.5) is 5.69 Å². The first-order chi connectivity index (χ1) is 13.6. The highest BCUT2D eigenvalue weighted by molar-refractivity contribution is 5.98. The van der Waals surface area contributed by atoms with Crippen molar-refractivity contribution in [3.05, 3.63) is 106 Å². The third kappa shape index (κ3) is 4.79. The van der Waals surface area contributed by atoms with Gasteiger partial charge in [0.05, 0.1) is 11.1 Å². The molecular weight excluding hydrogens is 358 g/mol. The lowest BCUT2D eigenvalue weighted by Crippen LogP contribution is -2.19. The Morgan fingerprint density at radius 2 is 1.68 bits per heavy atom. The zero-order chi connectivity index (χ0) is 19.8. The van der Waals surface area contributed by atoms with E-state index in [1.165, 1.54) is 24.4 Å². The number of hydrazone groups is 1. The summed E-state index contributed by atoms with van der Waals surface area (Å²) in [4.78, 5) is 22.6. The van der Waals surface area contributed by atoms with E-state index in [1.54, 1.807) is 18.2 Å². The van der Waals surface area contributed by atoms with Crippen molar-refractivity contribution >= 4 is 17.8 Å². The second-order valence-corrected chi connectivity index (χ2v) is 5.79. The van der Waals surface area contributed by atoms with Crippen LogP contribution in [0, 0.1) is 10.1 Å². The van der Waals surface area contributed by atoms with E-state index in [0.29, 0.717) is 17.9 Å². The van der Waals surface area contributed by atoms with Gasteiger partial charge in [0.15, 0.2) is 0 Å². The van der Waals surface area contributed by atoms with Gasteiger partial charge in [-0.25, -0.2) is 5.43 Å². The van der Waals surface area contributed by atoms with E-state index in [0.717, 1.165) is 5.56 Å². The number of rotatable bonds is 7. The second-order valence-electron chi connectivity index (χ2n) is 5.79. The molecule has 0 aliphatic carbocycles. The molecule has 0 saturated carbocycles. The molecule has 0 aliphatic heterocycles. The van der Waals surface area contributed by atoms with Crippen molar-refractivity contribution in [3.63, 3.8) is 0 Å². The molecule has 0 saturated heterocycles. The number of para-hydroxylation sites is 2. The van der Waals surface area contributed by atoms with Crippen LogP contribution in [-0.4, -0.2) is 17.0 Å². The highest BCUT2D eigenvalue weighted by atomic mass is 16.6. The minimum absolute atomic E-state index is 0.0572. The third-order valence-electron chi connectivity index (χ3n) is 3.87. The molecule has 0 aliphatic rings. The molecule has 0 heterocycles. The molecule has 1 amide bonds. The number of nitro groups is 1. The standard InChI is InChI=1S/C21H17N3O4/c25-21(18-11-5-6-12-19(18)24(26)27)23-22-14-17-10-4-7-13-20(17)28-15-16-8-2-1-3-9-16/h1-14H,15H2,(H,23,25)/b22-14-. The van der Waals surface area contributed by atoms with E-state index >= 15 is 0 Å². The summed E-state index contributed by atoms with van der Waals surface area (Å²) >= 11 is 0. The van der Waals surface area contributed by atoms with Gasteiger partial charge in [-0.05, 0) is 23.8 Å². The van der Waals surface area contributed by atoms with Crippen LogP contribution in [0.25, 0.3) is 0 Å². The molecule has 0 fully saturated rings. The number of ether oxygens (including phenoxy) is 1. The van der Waals surface area contributed by atoms with Gasteiger partial charge in [-0.15, -0.1) is 0 Å². The first-order valence-electron chi connectivity index (χ1n) is 8.48. The Hall–Kier alpha value is -4.00. The minimum atomic E-state index is -0.661. The van der Waals surface area contributed by atoms with E-state index in [4.69, 9.17) is 4.74 Å². The van der Waals surface area contributed by atoms with Crippen molar-refractivity contribution in [1.82, 2.24) is 5.43 Å². The number of carbonyl (C=O) groups excluding carboxylic acids is 1. The molecule has 0 atom stereocenters. The molecule has 0 unspecified atom stereocenters. The summed E-state index contributed by atoms with van der Waals surface area (Å²) in [5, 5.41) is 14.9. The maximum Gasteiger partial charge on any atom is 0.282 e. The van der Waals surface area contributed by atoms with Crippen molar-refractivity contribution in [2.24, 2.45) is 5.10 Å². The summed E-state index contributed by atoms with van der Waals surface area (Å²) < 4.78 is 5.82. The molecule has 0 radical (unpaired) electrons.